The number of aryl methyl sites for hydroxylation is 1. The maximum atomic E-state index is 5.75. The van der Waals surface area contributed by atoms with E-state index in [9.17, 15) is 0 Å². The Balaban J connectivity index is 0.000000749. The molecule has 0 spiro atoms. The maximum Gasteiger partial charge on any atom is 0.231 e. The SMILES string of the molecule is CCCCOCCOCCOCc1cc2c(cc1CCC)OCO2.CCC[CH2][AlH2]. The summed E-state index contributed by atoms with van der Waals surface area (Å²) in [6, 6.07) is 4.12. The van der Waals surface area contributed by atoms with Gasteiger partial charge in [0, 0.05) is 6.61 Å². The van der Waals surface area contributed by atoms with E-state index in [1.807, 2.05) is 6.07 Å². The number of fused-ring (bicyclic) bond motifs is 1. The molecule has 5 nitrogen and oxygen atoms in total. The first-order valence-corrected chi connectivity index (χ1v) is 12.8. The summed E-state index contributed by atoms with van der Waals surface area (Å²) in [5.74, 6) is 1.66. The Morgan fingerprint density at radius 1 is 0.759 bits per heavy atom. The largest absolute Gasteiger partial charge is 0.454 e. The summed E-state index contributed by atoms with van der Waals surface area (Å²) >= 11 is 1.40. The molecule has 0 aliphatic carbocycles. The molecule has 0 unspecified atom stereocenters. The molecule has 0 fully saturated rings. The first-order chi connectivity index (χ1) is 14.3. The van der Waals surface area contributed by atoms with Crippen LogP contribution >= 0.6 is 0 Å². The lowest BCUT2D eigenvalue weighted by Gasteiger charge is -2.11. The molecule has 0 saturated heterocycles. The third-order valence-corrected chi connectivity index (χ3v) is 5.27. The van der Waals surface area contributed by atoms with Gasteiger partial charge in [-0.2, -0.15) is 0 Å². The Morgan fingerprint density at radius 2 is 1.34 bits per heavy atom. The number of ether oxygens (including phenoxy) is 5. The lowest BCUT2D eigenvalue weighted by atomic mass is 10.0. The first-order valence-electron chi connectivity index (χ1n) is 11.4. The summed E-state index contributed by atoms with van der Waals surface area (Å²) in [5, 5.41) is 1.48. The van der Waals surface area contributed by atoms with E-state index >= 15 is 0 Å². The lowest BCUT2D eigenvalue weighted by molar-refractivity contribution is 0.0101. The average Bonchev–Trinajstić information content (AvgIpc) is 3.18. The molecule has 0 saturated carbocycles. The Bertz CT molecular complexity index is 522. The van der Waals surface area contributed by atoms with Gasteiger partial charge in [0.2, 0.25) is 23.1 Å². The third kappa shape index (κ3) is 11.9. The predicted octanol–water partition coefficient (Wildman–Crippen LogP) is 4.56. The normalized spacial score (nSPS) is 12.0. The number of hydrogen-bond donors (Lipinski definition) is 0. The van der Waals surface area contributed by atoms with Crippen LogP contribution in [-0.2, 0) is 27.2 Å². The zero-order chi connectivity index (χ0) is 21.2. The fraction of sp³-hybridized carbons (Fsp3) is 0.739. The molecule has 0 atom stereocenters. The van der Waals surface area contributed by atoms with Crippen LogP contribution in [-0.4, -0.2) is 56.1 Å². The minimum atomic E-state index is 0.305. The molecule has 0 bridgehead atoms. The monoisotopic (exact) mass is 424 g/mol. The standard InChI is InChI=1S/C19H30O5.C4H9.Al.2H/c1-3-5-7-20-8-9-21-10-11-22-14-17-13-19-18(23-15-24-19)12-16(17)6-4-2;1-3-4-2;;;/h12-13H,3-11,14-15H2,1-2H3;1,3-4H2,2H3;;;. The second-order valence-electron chi connectivity index (χ2n) is 7.21. The predicted molar refractivity (Wildman–Crippen MR) is 121 cm³/mol. The van der Waals surface area contributed by atoms with Crippen LogP contribution in [0.5, 0.6) is 11.5 Å². The highest BCUT2D eigenvalue weighted by Crippen LogP contribution is 2.35. The van der Waals surface area contributed by atoms with Crippen LogP contribution in [0.15, 0.2) is 12.1 Å². The van der Waals surface area contributed by atoms with Crippen LogP contribution in [0.1, 0.15) is 64.0 Å². The van der Waals surface area contributed by atoms with Crippen LogP contribution in [0, 0.1) is 0 Å². The molecular weight excluding hydrogens is 383 g/mol. The highest BCUT2D eigenvalue weighted by Gasteiger charge is 2.16. The van der Waals surface area contributed by atoms with Crippen LogP contribution in [0.3, 0.4) is 0 Å². The van der Waals surface area contributed by atoms with Gasteiger partial charge in [-0.1, -0.05) is 46.5 Å². The van der Waals surface area contributed by atoms with E-state index in [2.05, 4.69) is 26.8 Å². The van der Waals surface area contributed by atoms with Crippen molar-refractivity contribution in [1.29, 1.82) is 0 Å². The summed E-state index contributed by atoms with van der Waals surface area (Å²) in [6.45, 7) is 10.7. The summed E-state index contributed by atoms with van der Waals surface area (Å²) in [4.78, 5) is 0. The molecule has 166 valence electrons. The van der Waals surface area contributed by atoms with Gasteiger partial charge >= 0.3 is 0 Å². The van der Waals surface area contributed by atoms with Gasteiger partial charge in [-0.05, 0) is 36.1 Å². The Morgan fingerprint density at radius 3 is 1.90 bits per heavy atom. The first kappa shape index (κ1) is 26.3. The molecule has 1 aliphatic rings. The smallest absolute Gasteiger partial charge is 0.231 e. The highest BCUT2D eigenvalue weighted by atomic mass is 27.0. The molecule has 1 heterocycles. The van der Waals surface area contributed by atoms with Gasteiger partial charge in [0.05, 0.1) is 33.0 Å². The van der Waals surface area contributed by atoms with E-state index in [4.69, 9.17) is 23.7 Å². The second-order valence-corrected chi connectivity index (χ2v) is 8.21. The number of hydrogen-bond acceptors (Lipinski definition) is 5. The molecule has 1 aromatic carbocycles. The van der Waals surface area contributed by atoms with Crippen molar-refractivity contribution in [2.45, 2.75) is 71.2 Å². The minimum Gasteiger partial charge on any atom is -0.454 e. The van der Waals surface area contributed by atoms with Gasteiger partial charge in [0.25, 0.3) is 0 Å². The number of benzene rings is 1. The Kier molecular flexibility index (Phi) is 16.3. The van der Waals surface area contributed by atoms with Crippen molar-refractivity contribution in [3.8, 4) is 11.5 Å². The van der Waals surface area contributed by atoms with Crippen molar-refractivity contribution in [2.24, 2.45) is 0 Å². The minimum absolute atomic E-state index is 0.305. The van der Waals surface area contributed by atoms with Crippen molar-refractivity contribution in [2.75, 3.05) is 39.8 Å². The Labute approximate surface area is 185 Å². The second kappa shape index (κ2) is 18.0. The molecule has 2 rings (SSSR count). The van der Waals surface area contributed by atoms with Crippen LogP contribution < -0.4 is 9.47 Å². The molecule has 1 aliphatic heterocycles. The average molecular weight is 425 g/mol. The molecule has 29 heavy (non-hydrogen) atoms. The van der Waals surface area contributed by atoms with Crippen molar-refractivity contribution in [3.63, 3.8) is 0 Å². The van der Waals surface area contributed by atoms with Crippen LogP contribution in [0.25, 0.3) is 0 Å². The maximum absolute atomic E-state index is 5.75. The highest BCUT2D eigenvalue weighted by molar-refractivity contribution is 6.08. The van der Waals surface area contributed by atoms with E-state index in [1.54, 1.807) is 0 Å². The topological polar surface area (TPSA) is 46.2 Å². The fourth-order valence-electron chi connectivity index (χ4n) is 2.88. The van der Waals surface area contributed by atoms with E-state index in [1.165, 1.54) is 45.5 Å². The summed E-state index contributed by atoms with van der Waals surface area (Å²) in [7, 11) is 0. The molecule has 0 N–H and O–H groups in total. The summed E-state index contributed by atoms with van der Waals surface area (Å²) in [5.41, 5.74) is 2.44. The van der Waals surface area contributed by atoms with Gasteiger partial charge < -0.3 is 23.7 Å². The van der Waals surface area contributed by atoms with E-state index in [0.717, 1.165) is 43.8 Å². The van der Waals surface area contributed by atoms with E-state index < -0.39 is 0 Å². The number of rotatable bonds is 15. The van der Waals surface area contributed by atoms with Gasteiger partial charge in [0.1, 0.15) is 0 Å². The zero-order valence-electron chi connectivity index (χ0n) is 19.1. The van der Waals surface area contributed by atoms with Gasteiger partial charge in [-0.15, -0.1) is 5.28 Å². The summed E-state index contributed by atoms with van der Waals surface area (Å²) < 4.78 is 27.6. The van der Waals surface area contributed by atoms with E-state index in [0.29, 0.717) is 39.8 Å². The van der Waals surface area contributed by atoms with Gasteiger partial charge in [0.15, 0.2) is 11.5 Å². The molecule has 0 aromatic heterocycles. The molecule has 0 amide bonds. The van der Waals surface area contributed by atoms with Gasteiger partial charge in [-0.25, -0.2) is 0 Å². The van der Waals surface area contributed by atoms with Crippen LogP contribution in [0.2, 0.25) is 5.28 Å². The lowest BCUT2D eigenvalue weighted by Crippen LogP contribution is -2.10. The Hall–Kier alpha value is -0.768. The fourth-order valence-corrected chi connectivity index (χ4v) is 3.59. The summed E-state index contributed by atoms with van der Waals surface area (Å²) in [6.07, 6.45) is 7.21. The van der Waals surface area contributed by atoms with E-state index in [-0.39, 0.29) is 0 Å². The van der Waals surface area contributed by atoms with Crippen molar-refractivity contribution in [1.82, 2.24) is 0 Å². The van der Waals surface area contributed by atoms with Crippen molar-refractivity contribution < 1.29 is 23.7 Å². The number of unbranched alkanes of at least 4 members (excludes halogenated alkanes) is 2. The quantitative estimate of drug-likeness (QED) is 0.305. The third-order valence-electron chi connectivity index (χ3n) is 4.57. The molecule has 6 heteroatoms. The molecular formula is C23H41AlO5. The van der Waals surface area contributed by atoms with Crippen molar-refractivity contribution in [3.05, 3.63) is 23.3 Å². The molecule has 1 aromatic rings. The van der Waals surface area contributed by atoms with Gasteiger partial charge in [-0.3, -0.25) is 0 Å². The van der Waals surface area contributed by atoms with Crippen LogP contribution in [0.4, 0.5) is 0 Å². The molecule has 0 radical (unpaired) electrons. The van der Waals surface area contributed by atoms with Crippen molar-refractivity contribution >= 4 is 16.3 Å². The zero-order valence-corrected chi connectivity index (χ0v) is 21.1.